The predicted octanol–water partition coefficient (Wildman–Crippen LogP) is 4.05. The molecule has 0 atom stereocenters. The molecule has 0 radical (unpaired) electrons. The summed E-state index contributed by atoms with van der Waals surface area (Å²) in [5.41, 5.74) is 2.47. The first kappa shape index (κ1) is 25.2. The van der Waals surface area contributed by atoms with Gasteiger partial charge in [-0.2, -0.15) is 18.2 Å². The molecular weight excluding hydrogens is 497 g/mol. The summed E-state index contributed by atoms with van der Waals surface area (Å²) in [4.78, 5) is 19.4. The largest absolute Gasteiger partial charge is 0.421 e. The number of aryl methyl sites for hydroxylation is 1. The SMILES string of the molecule is Cc1ccc(N(C)S(C)(=O)=O)c(CNc2nc(Nc3ccc4c(c3)CC(=O)N4)ncc2C(F)(F)F)c1. The molecular formula is C23H23F3N6O3S. The predicted molar refractivity (Wildman–Crippen MR) is 131 cm³/mol. The lowest BCUT2D eigenvalue weighted by Gasteiger charge is -2.22. The summed E-state index contributed by atoms with van der Waals surface area (Å²) < 4.78 is 66.2. The first-order chi connectivity index (χ1) is 16.8. The van der Waals surface area contributed by atoms with Gasteiger partial charge in [0, 0.05) is 31.2 Å². The zero-order valence-corrected chi connectivity index (χ0v) is 20.4. The lowest BCUT2D eigenvalue weighted by Crippen LogP contribution is -2.26. The van der Waals surface area contributed by atoms with Gasteiger partial charge in [0.05, 0.1) is 18.4 Å². The van der Waals surface area contributed by atoms with E-state index in [1.807, 2.05) is 0 Å². The molecule has 1 aromatic heterocycles. The summed E-state index contributed by atoms with van der Waals surface area (Å²) in [6, 6.07) is 10.0. The van der Waals surface area contributed by atoms with Crippen molar-refractivity contribution < 1.29 is 26.4 Å². The third kappa shape index (κ3) is 5.51. The smallest absolute Gasteiger partial charge is 0.365 e. The van der Waals surface area contributed by atoms with Crippen LogP contribution in [0.2, 0.25) is 0 Å². The molecule has 3 aromatic rings. The average molecular weight is 521 g/mol. The van der Waals surface area contributed by atoms with Crippen LogP contribution in [0.3, 0.4) is 0 Å². The van der Waals surface area contributed by atoms with Gasteiger partial charge in [-0.15, -0.1) is 0 Å². The molecule has 0 saturated heterocycles. The van der Waals surface area contributed by atoms with E-state index in [0.717, 1.165) is 21.7 Å². The molecule has 2 heterocycles. The fraction of sp³-hybridized carbons (Fsp3) is 0.261. The Balaban J connectivity index is 1.63. The van der Waals surface area contributed by atoms with Crippen molar-refractivity contribution in [3.63, 3.8) is 0 Å². The molecule has 36 heavy (non-hydrogen) atoms. The van der Waals surface area contributed by atoms with Gasteiger partial charge in [-0.05, 0) is 42.3 Å². The van der Waals surface area contributed by atoms with Crippen molar-refractivity contribution in [3.05, 3.63) is 64.8 Å². The third-order valence-electron chi connectivity index (χ3n) is 5.60. The molecule has 1 amide bonds. The monoisotopic (exact) mass is 520 g/mol. The highest BCUT2D eigenvalue weighted by molar-refractivity contribution is 7.92. The Bertz CT molecular complexity index is 1440. The van der Waals surface area contributed by atoms with Crippen molar-refractivity contribution >= 4 is 44.8 Å². The molecule has 4 rings (SSSR count). The van der Waals surface area contributed by atoms with Crippen molar-refractivity contribution in [3.8, 4) is 0 Å². The van der Waals surface area contributed by atoms with E-state index >= 15 is 0 Å². The fourth-order valence-corrected chi connectivity index (χ4v) is 4.28. The molecule has 0 saturated carbocycles. The Morgan fingerprint density at radius 1 is 1.17 bits per heavy atom. The van der Waals surface area contributed by atoms with Crippen molar-refractivity contribution in [2.24, 2.45) is 0 Å². The van der Waals surface area contributed by atoms with Gasteiger partial charge in [0.2, 0.25) is 21.9 Å². The van der Waals surface area contributed by atoms with Gasteiger partial charge in [-0.3, -0.25) is 9.10 Å². The molecule has 3 N–H and O–H groups in total. The Labute approximate surface area is 205 Å². The molecule has 2 aromatic carbocycles. The molecule has 9 nitrogen and oxygen atoms in total. The molecule has 0 aliphatic carbocycles. The minimum Gasteiger partial charge on any atom is -0.365 e. The van der Waals surface area contributed by atoms with E-state index in [0.29, 0.717) is 28.8 Å². The van der Waals surface area contributed by atoms with E-state index in [4.69, 9.17) is 0 Å². The van der Waals surface area contributed by atoms with Crippen LogP contribution >= 0.6 is 0 Å². The Kier molecular flexibility index (Phi) is 6.52. The lowest BCUT2D eigenvalue weighted by atomic mass is 10.1. The van der Waals surface area contributed by atoms with Gasteiger partial charge >= 0.3 is 6.18 Å². The molecule has 0 fully saturated rings. The number of fused-ring (bicyclic) bond motifs is 1. The van der Waals surface area contributed by atoms with Crippen molar-refractivity contribution in [1.29, 1.82) is 0 Å². The number of benzene rings is 2. The number of carbonyl (C=O) groups excluding carboxylic acids is 1. The molecule has 0 bridgehead atoms. The van der Waals surface area contributed by atoms with Crippen molar-refractivity contribution in [1.82, 2.24) is 9.97 Å². The van der Waals surface area contributed by atoms with Crippen LogP contribution in [-0.4, -0.2) is 37.6 Å². The van der Waals surface area contributed by atoms with Gasteiger partial charge in [0.15, 0.2) is 0 Å². The number of nitrogens with one attached hydrogen (secondary N) is 3. The standard InChI is InChI=1S/C23H23F3N6O3S/c1-13-4-7-19(32(2)36(3,34)35)15(8-13)11-27-21-17(23(24,25)26)12-28-22(31-21)29-16-5-6-18-14(9-16)10-20(33)30-18/h4-9,12H,10-11H2,1-3H3,(H,30,33)(H2,27,28,29,31). The van der Waals surface area contributed by atoms with E-state index in [-0.39, 0.29) is 24.8 Å². The zero-order valence-electron chi connectivity index (χ0n) is 19.6. The number of halogens is 3. The number of hydrogen-bond donors (Lipinski definition) is 3. The van der Waals surface area contributed by atoms with E-state index in [9.17, 15) is 26.4 Å². The minimum atomic E-state index is -4.72. The second-order valence-corrected chi connectivity index (χ2v) is 10.4. The second kappa shape index (κ2) is 9.30. The number of nitrogens with zero attached hydrogens (tertiary/aromatic N) is 3. The summed E-state index contributed by atoms with van der Waals surface area (Å²) in [7, 11) is -2.22. The van der Waals surface area contributed by atoms with Gasteiger partial charge in [0.25, 0.3) is 0 Å². The first-order valence-corrected chi connectivity index (χ1v) is 12.6. The number of carbonyl (C=O) groups is 1. The number of anilines is 5. The van der Waals surface area contributed by atoms with E-state index in [1.54, 1.807) is 43.3 Å². The molecule has 190 valence electrons. The summed E-state index contributed by atoms with van der Waals surface area (Å²) in [6.45, 7) is 1.67. The van der Waals surface area contributed by atoms with Crippen LogP contribution in [-0.2, 0) is 34.0 Å². The number of sulfonamides is 1. The van der Waals surface area contributed by atoms with Crippen LogP contribution in [0.5, 0.6) is 0 Å². The quantitative estimate of drug-likeness (QED) is 0.430. The summed E-state index contributed by atoms with van der Waals surface area (Å²) in [5, 5.41) is 8.27. The normalized spacial score (nSPS) is 13.2. The number of alkyl halides is 3. The highest BCUT2D eigenvalue weighted by atomic mass is 32.2. The van der Waals surface area contributed by atoms with Crippen LogP contribution in [0.15, 0.2) is 42.6 Å². The third-order valence-corrected chi connectivity index (χ3v) is 6.79. The maximum Gasteiger partial charge on any atom is 0.421 e. The molecule has 0 unspecified atom stereocenters. The second-order valence-electron chi connectivity index (χ2n) is 8.39. The first-order valence-electron chi connectivity index (χ1n) is 10.7. The van der Waals surface area contributed by atoms with Crippen molar-refractivity contribution in [2.45, 2.75) is 26.1 Å². The molecule has 1 aliphatic heterocycles. The molecule has 0 spiro atoms. The van der Waals surface area contributed by atoms with E-state index < -0.39 is 27.6 Å². The van der Waals surface area contributed by atoms with Gasteiger partial charge in [-0.25, -0.2) is 13.4 Å². The number of amides is 1. The zero-order chi connectivity index (χ0) is 26.3. The maximum atomic E-state index is 13.7. The fourth-order valence-electron chi connectivity index (χ4n) is 3.74. The van der Waals surface area contributed by atoms with Crippen LogP contribution in [0.1, 0.15) is 22.3 Å². The van der Waals surface area contributed by atoms with Crippen LogP contribution in [0.25, 0.3) is 0 Å². The summed E-state index contributed by atoms with van der Waals surface area (Å²) in [6.07, 6.45) is -2.80. The summed E-state index contributed by atoms with van der Waals surface area (Å²) in [5.74, 6) is -0.690. The Hall–Kier alpha value is -3.87. The lowest BCUT2D eigenvalue weighted by molar-refractivity contribution is -0.137. The van der Waals surface area contributed by atoms with Crippen LogP contribution in [0.4, 0.5) is 42.0 Å². The van der Waals surface area contributed by atoms with Gasteiger partial charge < -0.3 is 16.0 Å². The highest BCUT2D eigenvalue weighted by Gasteiger charge is 2.35. The van der Waals surface area contributed by atoms with Crippen LogP contribution in [0, 0.1) is 6.92 Å². The summed E-state index contributed by atoms with van der Waals surface area (Å²) >= 11 is 0. The Morgan fingerprint density at radius 2 is 1.92 bits per heavy atom. The maximum absolute atomic E-state index is 13.7. The number of hydrogen-bond acceptors (Lipinski definition) is 7. The number of aromatic nitrogens is 2. The molecule has 13 heteroatoms. The van der Waals surface area contributed by atoms with Crippen molar-refractivity contribution in [2.75, 3.05) is 33.6 Å². The molecule has 1 aliphatic rings. The topological polar surface area (TPSA) is 116 Å². The average Bonchev–Trinajstić information content (AvgIpc) is 3.15. The van der Waals surface area contributed by atoms with Crippen LogP contribution < -0.4 is 20.3 Å². The van der Waals surface area contributed by atoms with E-state index in [1.165, 1.54) is 7.05 Å². The minimum absolute atomic E-state index is 0.0829. The van der Waals surface area contributed by atoms with Gasteiger partial charge in [0.1, 0.15) is 11.4 Å². The Morgan fingerprint density at radius 3 is 2.61 bits per heavy atom. The van der Waals surface area contributed by atoms with E-state index in [2.05, 4.69) is 25.9 Å². The highest BCUT2D eigenvalue weighted by Crippen LogP contribution is 2.35. The van der Waals surface area contributed by atoms with Gasteiger partial charge in [-0.1, -0.05) is 17.7 Å². The number of rotatable bonds is 7.